The maximum atomic E-state index is 10.2. The van der Waals surface area contributed by atoms with Gasteiger partial charge < -0.3 is 9.47 Å². The fraction of sp³-hybridized carbons (Fsp3) is 0.545. The van der Waals surface area contributed by atoms with Gasteiger partial charge in [0.05, 0.1) is 30.2 Å². The van der Waals surface area contributed by atoms with Crippen molar-refractivity contribution in [1.29, 1.82) is 21.2 Å². The molecule has 2 aliphatic rings. The summed E-state index contributed by atoms with van der Waals surface area (Å²) in [5.41, 5.74) is -2.93. The van der Waals surface area contributed by atoms with Crippen LogP contribution < -0.4 is 0 Å². The lowest BCUT2D eigenvalue weighted by Gasteiger charge is -2.48. The van der Waals surface area contributed by atoms with Crippen molar-refractivity contribution in [2.75, 3.05) is 0 Å². The molecular weight excluding hydrogens is 388 g/mol. The van der Waals surface area contributed by atoms with Crippen molar-refractivity contribution in [2.45, 2.75) is 57.8 Å². The van der Waals surface area contributed by atoms with E-state index in [1.807, 2.05) is 0 Å². The smallest absolute Gasteiger partial charge is 0.243 e. The molecule has 4 atom stereocenters. The number of ether oxygens (including phenoxy) is 2. The fourth-order valence-corrected chi connectivity index (χ4v) is 4.80. The van der Waals surface area contributed by atoms with Gasteiger partial charge in [0.25, 0.3) is 0 Å². The molecule has 2 aliphatic heterocycles. The molecule has 2 bridgehead atoms. The number of hydrogen-bond acceptors (Lipinski definition) is 6. The Balaban J connectivity index is 2.15. The van der Waals surface area contributed by atoms with Gasteiger partial charge in [0, 0.05) is 10.6 Å². The van der Waals surface area contributed by atoms with Crippen molar-refractivity contribution in [2.24, 2.45) is 16.7 Å². The van der Waals surface area contributed by atoms with Gasteiger partial charge in [-0.15, -0.1) is 0 Å². The number of hydrogen-bond donors (Lipinski definition) is 1. The molecule has 0 aliphatic carbocycles. The first-order valence-electron chi connectivity index (χ1n) is 9.84. The van der Waals surface area contributed by atoms with Crippen LogP contribution in [0.15, 0.2) is 24.3 Å². The highest BCUT2D eigenvalue weighted by atomic mass is 35.5. The number of rotatable bonds is 6. The molecular formula is C22H23ClN4O2. The van der Waals surface area contributed by atoms with Crippen molar-refractivity contribution in [1.82, 2.24) is 0 Å². The average molecular weight is 411 g/mol. The molecule has 3 rings (SSSR count). The number of unbranched alkanes of at least 4 members (excludes halogenated alkanes) is 3. The summed E-state index contributed by atoms with van der Waals surface area (Å²) in [5, 5.41) is 39.4. The molecule has 2 saturated heterocycles. The third-order valence-corrected chi connectivity index (χ3v) is 6.60. The Hall–Kier alpha value is -2.59. The minimum atomic E-state index is -1.82. The van der Waals surface area contributed by atoms with Gasteiger partial charge in [-0.3, -0.25) is 5.41 Å². The van der Waals surface area contributed by atoms with Crippen LogP contribution in [0.3, 0.4) is 0 Å². The standard InChI is InChI=1S/C22H23ClN4O2/c1-3-4-5-6-7-18-20(12-24,13-25)21(14-26)15(2)22(28-18,29-19(21)27)16-8-10-17(23)11-9-16/h8-11,15,18,27H,3-7H2,1-2H3. The fourth-order valence-electron chi connectivity index (χ4n) is 4.67. The molecule has 150 valence electrons. The van der Waals surface area contributed by atoms with E-state index in [0.29, 0.717) is 17.0 Å². The van der Waals surface area contributed by atoms with E-state index in [4.69, 9.17) is 26.5 Å². The Morgan fingerprint density at radius 1 is 1.07 bits per heavy atom. The molecule has 29 heavy (non-hydrogen) atoms. The first-order chi connectivity index (χ1) is 13.9. The summed E-state index contributed by atoms with van der Waals surface area (Å²) in [5.74, 6) is -2.54. The zero-order valence-electron chi connectivity index (χ0n) is 16.5. The Labute approximate surface area is 176 Å². The largest absolute Gasteiger partial charge is 0.443 e. The van der Waals surface area contributed by atoms with Crippen molar-refractivity contribution in [3.8, 4) is 18.2 Å². The number of nitrogens with zero attached hydrogens (tertiary/aromatic N) is 3. The first kappa shape index (κ1) is 21.1. The molecule has 4 unspecified atom stereocenters. The van der Waals surface area contributed by atoms with Crippen LogP contribution in [0.25, 0.3) is 0 Å². The van der Waals surface area contributed by atoms with Crippen LogP contribution in [0.2, 0.25) is 5.02 Å². The van der Waals surface area contributed by atoms with Crippen LogP contribution in [-0.2, 0) is 15.3 Å². The van der Waals surface area contributed by atoms with Crippen LogP contribution in [0, 0.1) is 56.2 Å². The number of nitriles is 3. The Kier molecular flexibility index (Phi) is 5.59. The minimum absolute atomic E-state index is 0.387. The third kappa shape index (κ3) is 2.73. The van der Waals surface area contributed by atoms with Gasteiger partial charge in [0.15, 0.2) is 10.8 Å². The number of halogens is 1. The van der Waals surface area contributed by atoms with E-state index < -0.39 is 28.6 Å². The van der Waals surface area contributed by atoms with E-state index >= 15 is 0 Å². The second kappa shape index (κ2) is 7.68. The van der Waals surface area contributed by atoms with E-state index in [-0.39, 0.29) is 5.90 Å². The number of fused-ring (bicyclic) bond motifs is 2. The lowest BCUT2D eigenvalue weighted by atomic mass is 9.53. The van der Waals surface area contributed by atoms with E-state index in [2.05, 4.69) is 25.1 Å². The molecule has 0 amide bonds. The van der Waals surface area contributed by atoms with Crippen molar-refractivity contribution in [3.63, 3.8) is 0 Å². The summed E-state index contributed by atoms with van der Waals surface area (Å²) in [6, 6.07) is 13.1. The topological polar surface area (TPSA) is 114 Å². The minimum Gasteiger partial charge on any atom is -0.443 e. The van der Waals surface area contributed by atoms with E-state index in [1.54, 1.807) is 31.2 Å². The van der Waals surface area contributed by atoms with Crippen LogP contribution >= 0.6 is 11.6 Å². The first-order valence-corrected chi connectivity index (χ1v) is 10.2. The Morgan fingerprint density at radius 3 is 2.28 bits per heavy atom. The van der Waals surface area contributed by atoms with Crippen LogP contribution in [0.1, 0.15) is 51.5 Å². The van der Waals surface area contributed by atoms with Crippen molar-refractivity contribution >= 4 is 17.5 Å². The molecule has 2 heterocycles. The molecule has 7 heteroatoms. The van der Waals surface area contributed by atoms with Crippen molar-refractivity contribution < 1.29 is 9.47 Å². The quantitative estimate of drug-likeness (QED) is 0.659. The molecule has 1 N–H and O–H groups in total. The molecule has 1 aromatic rings. The summed E-state index contributed by atoms with van der Waals surface area (Å²) in [4.78, 5) is 0. The van der Waals surface area contributed by atoms with E-state index in [9.17, 15) is 15.8 Å². The highest BCUT2D eigenvalue weighted by molar-refractivity contribution is 6.30. The summed E-state index contributed by atoms with van der Waals surface area (Å²) in [6.07, 6.45) is 3.35. The van der Waals surface area contributed by atoms with E-state index in [0.717, 1.165) is 25.7 Å². The molecule has 2 fully saturated rings. The highest BCUT2D eigenvalue weighted by Crippen LogP contribution is 2.66. The second-order valence-corrected chi connectivity index (χ2v) is 8.17. The maximum Gasteiger partial charge on any atom is 0.243 e. The summed E-state index contributed by atoms with van der Waals surface area (Å²) in [7, 11) is 0. The van der Waals surface area contributed by atoms with Crippen LogP contribution in [0.5, 0.6) is 0 Å². The zero-order valence-corrected chi connectivity index (χ0v) is 17.3. The number of benzene rings is 1. The van der Waals surface area contributed by atoms with Gasteiger partial charge >= 0.3 is 0 Å². The Morgan fingerprint density at radius 2 is 1.72 bits per heavy atom. The summed E-state index contributed by atoms with van der Waals surface area (Å²) in [6.45, 7) is 3.80. The molecule has 0 radical (unpaired) electrons. The molecule has 6 nitrogen and oxygen atoms in total. The molecule has 0 saturated carbocycles. The van der Waals surface area contributed by atoms with Crippen LogP contribution in [0.4, 0.5) is 0 Å². The molecule has 0 spiro atoms. The normalized spacial score (nSPS) is 31.9. The monoisotopic (exact) mass is 410 g/mol. The summed E-state index contributed by atoms with van der Waals surface area (Å²) >= 11 is 6.02. The highest BCUT2D eigenvalue weighted by Gasteiger charge is 2.79. The lowest BCUT2D eigenvalue weighted by Crippen LogP contribution is -2.60. The predicted molar refractivity (Wildman–Crippen MR) is 106 cm³/mol. The maximum absolute atomic E-state index is 10.2. The van der Waals surface area contributed by atoms with E-state index in [1.165, 1.54) is 0 Å². The van der Waals surface area contributed by atoms with Crippen molar-refractivity contribution in [3.05, 3.63) is 34.9 Å². The average Bonchev–Trinajstić information content (AvgIpc) is 2.89. The third-order valence-electron chi connectivity index (χ3n) is 6.35. The van der Waals surface area contributed by atoms with Gasteiger partial charge in [0.1, 0.15) is 0 Å². The molecule has 1 aromatic carbocycles. The second-order valence-electron chi connectivity index (χ2n) is 7.73. The van der Waals surface area contributed by atoms with Gasteiger partial charge in [0.2, 0.25) is 11.7 Å². The van der Waals surface area contributed by atoms with Gasteiger partial charge in [-0.25, -0.2) is 0 Å². The molecule has 0 aromatic heterocycles. The van der Waals surface area contributed by atoms with Gasteiger partial charge in [-0.05, 0) is 18.6 Å². The summed E-state index contributed by atoms with van der Waals surface area (Å²) < 4.78 is 12.3. The van der Waals surface area contributed by atoms with Crippen LogP contribution in [-0.4, -0.2) is 12.0 Å². The number of nitrogens with one attached hydrogen (secondary N) is 1. The van der Waals surface area contributed by atoms with Gasteiger partial charge in [-0.1, -0.05) is 63.3 Å². The zero-order chi connectivity index (χ0) is 21.3. The predicted octanol–water partition coefficient (Wildman–Crippen LogP) is 5.05. The Bertz CT molecular complexity index is 912. The van der Waals surface area contributed by atoms with Gasteiger partial charge in [-0.2, -0.15) is 15.8 Å². The lowest BCUT2D eigenvalue weighted by molar-refractivity contribution is -0.286. The SMILES string of the molecule is CCCCCCC1OC2(c3ccc(Cl)cc3)OC(=N)C(C#N)(C2C)C1(C#N)C#N.